The standard InChI is InChI=1S/C77H103N13O22S/c1-6-77(63-44-67-71-61(49-90(67)73(96)62(63)51-110-74(77)97)59(23-24-66(54(2)91)88(3)4)60-15-10-11-16-64(60)85-71)112-76(98)111-50-55-19-21-57(22-20-55)83-72(95)65(17-12-13-25-78)84-70(94)53-109-52-69(93)79-26-28-101-30-32-103-34-36-105-38-40-107-42-43-108-41-39-106-37-35-104-33-31-102-29-27-89-48-58(86-87-89)47-80-68(92)18-9-7-8-14-56-45-81-75(82-46-56)113(5,99)100/h10-11,15-16,19-22,44-46,48,65-66H,6-7,9,12-13,17-18,23-43,47,49-53,78H2,1-5H3,(H,79,93)(H,80,92)(H,83,95)(H,84,94)/t65-,66?,77-/m0/s1. The van der Waals surface area contributed by atoms with Crippen molar-refractivity contribution in [1.82, 2.24) is 55.4 Å². The smallest absolute Gasteiger partial charge is 0.457 e. The van der Waals surface area contributed by atoms with Gasteiger partial charge in [0, 0.05) is 60.2 Å². The van der Waals surface area contributed by atoms with Gasteiger partial charge in [0.25, 0.3) is 5.56 Å². The van der Waals surface area contributed by atoms with Crippen molar-refractivity contribution >= 4 is 68.0 Å². The summed E-state index contributed by atoms with van der Waals surface area (Å²) in [6.07, 6.45) is 7.95. The van der Waals surface area contributed by atoms with Crippen LogP contribution in [-0.4, -0.2) is 254 Å². The first-order chi connectivity index (χ1) is 54.7. The molecule has 0 radical (unpaired) electrons. The average Bonchev–Trinajstić information content (AvgIpc) is 1.63. The number of pyridine rings is 2. The molecular formula is C77H103N13O22S. The Morgan fingerprint density at radius 2 is 1.37 bits per heavy atom. The number of aromatic nitrogens is 7. The number of Topliss-reactive ketones (excluding diaryl/α,β-unsaturated/α-hetero) is 1. The number of nitrogens with zero attached hydrogens (tertiary/aromatic N) is 8. The highest BCUT2D eigenvalue weighted by molar-refractivity contribution is 7.90. The third kappa shape index (κ3) is 28.8. The molecule has 0 saturated carbocycles. The molecular weight excluding hydrogens is 1490 g/mol. The maximum Gasteiger partial charge on any atom is 0.510 e. The van der Waals surface area contributed by atoms with Crippen molar-refractivity contribution in [3.05, 3.63) is 123 Å². The van der Waals surface area contributed by atoms with Crippen LogP contribution in [0.15, 0.2) is 83.1 Å². The van der Waals surface area contributed by atoms with E-state index in [1.165, 1.54) is 12.4 Å². The van der Waals surface area contributed by atoms with Gasteiger partial charge in [-0.15, -0.1) is 5.10 Å². The van der Waals surface area contributed by atoms with E-state index in [9.17, 15) is 46.8 Å². The van der Waals surface area contributed by atoms with E-state index in [1.807, 2.05) is 43.3 Å². The second-order valence-electron chi connectivity index (χ2n) is 26.5. The van der Waals surface area contributed by atoms with Crippen molar-refractivity contribution < 1.29 is 98.8 Å². The minimum atomic E-state index is -3.48. The zero-order chi connectivity index (χ0) is 80.8. The van der Waals surface area contributed by atoms with Crippen LogP contribution in [0.25, 0.3) is 22.3 Å². The van der Waals surface area contributed by atoms with Crippen LogP contribution >= 0.6 is 0 Å². The largest absolute Gasteiger partial charge is 0.510 e. The molecule has 4 aromatic heterocycles. The summed E-state index contributed by atoms with van der Waals surface area (Å²) in [5.74, 6) is 3.22. The molecule has 4 amide bonds. The van der Waals surface area contributed by atoms with Crippen LogP contribution in [0.4, 0.5) is 10.5 Å². The van der Waals surface area contributed by atoms with Gasteiger partial charge in [-0.3, -0.25) is 33.7 Å². The van der Waals surface area contributed by atoms with Crippen LogP contribution in [0.5, 0.6) is 0 Å². The number of hydrogen-bond acceptors (Lipinski definition) is 29. The predicted octanol–water partition coefficient (Wildman–Crippen LogP) is 3.03. The Morgan fingerprint density at radius 1 is 0.743 bits per heavy atom. The highest BCUT2D eigenvalue weighted by Gasteiger charge is 2.51. The van der Waals surface area contributed by atoms with E-state index in [0.29, 0.717) is 184 Å². The molecule has 6 heterocycles. The van der Waals surface area contributed by atoms with E-state index in [2.05, 4.69) is 53.4 Å². The number of anilines is 1. The predicted molar refractivity (Wildman–Crippen MR) is 408 cm³/mol. The first-order valence-corrected chi connectivity index (χ1v) is 39.5. The van der Waals surface area contributed by atoms with Gasteiger partial charge in [-0.1, -0.05) is 54.3 Å². The number of amides is 4. The molecule has 6 N–H and O–H groups in total. The number of sulfone groups is 1. The maximum atomic E-state index is 14.4. The zero-order valence-corrected chi connectivity index (χ0v) is 65.5. The number of esters is 1. The Labute approximate surface area is 655 Å². The monoisotopic (exact) mass is 1590 g/mol. The van der Waals surface area contributed by atoms with Crippen LogP contribution in [0.1, 0.15) is 104 Å². The molecule has 0 fully saturated rings. The van der Waals surface area contributed by atoms with E-state index in [4.69, 9.17) is 67.6 Å². The molecule has 1 unspecified atom stereocenters. The summed E-state index contributed by atoms with van der Waals surface area (Å²) >= 11 is 0. The van der Waals surface area contributed by atoms with Crippen molar-refractivity contribution in [2.45, 2.75) is 127 Å². The van der Waals surface area contributed by atoms with E-state index < -0.39 is 70.1 Å². The van der Waals surface area contributed by atoms with Crippen molar-refractivity contribution in [1.29, 1.82) is 0 Å². The number of carbonyl (C=O) groups is 7. The highest BCUT2D eigenvalue weighted by atomic mass is 32.2. The molecule has 0 spiro atoms. The fourth-order valence-electron chi connectivity index (χ4n) is 12.1. The molecule has 3 atom stereocenters. The molecule has 35 nitrogen and oxygen atoms in total. The van der Waals surface area contributed by atoms with Crippen molar-refractivity contribution in [3.63, 3.8) is 0 Å². The van der Waals surface area contributed by atoms with Gasteiger partial charge in [-0.25, -0.2) is 37.6 Å². The van der Waals surface area contributed by atoms with Crippen molar-refractivity contribution in [2.75, 3.05) is 158 Å². The molecule has 113 heavy (non-hydrogen) atoms. The van der Waals surface area contributed by atoms with Gasteiger partial charge >= 0.3 is 12.1 Å². The summed E-state index contributed by atoms with van der Waals surface area (Å²) in [6, 6.07) is 14.4. The molecule has 2 aliphatic rings. The fourth-order valence-corrected chi connectivity index (χ4v) is 12.6. The number of nitrogens with two attached hydrogens (primary N) is 1. The number of ketones is 1. The molecule has 0 aliphatic carbocycles. The van der Waals surface area contributed by atoms with Gasteiger partial charge in [0.15, 0.2) is 0 Å². The fraction of sp³-hybridized carbons (Fsp3) is 0.545. The molecule has 0 saturated heterocycles. The van der Waals surface area contributed by atoms with Gasteiger partial charge in [0.05, 0.1) is 166 Å². The number of aryl methyl sites for hydroxylation is 1. The molecule has 6 aromatic rings. The topological polar surface area (TPSA) is 433 Å². The maximum absolute atomic E-state index is 14.4. The Morgan fingerprint density at radius 3 is 1.99 bits per heavy atom. The number of rotatable bonds is 53. The zero-order valence-electron chi connectivity index (χ0n) is 64.7. The van der Waals surface area contributed by atoms with Gasteiger partial charge < -0.3 is 88.4 Å². The summed E-state index contributed by atoms with van der Waals surface area (Å²) in [4.78, 5) is 120. The first kappa shape index (κ1) is 88.9. The summed E-state index contributed by atoms with van der Waals surface area (Å²) < 4.78 is 92.9. The number of fused-ring (bicyclic) bond motifs is 5. The SMILES string of the molecule is CC[C@@]1(OC(=O)OCc2ccc(NC(=O)[C@H](CCCCN)NC(=O)COCC(=O)NCCOCCOCCOCCOCCOCCOCCOCCOCCn3cc(CNC(=O)CCCC#Cc4cnc(S(C)(=O)=O)nc4)nn3)cc2)C(=O)OCc2c1cc1n(c2=O)Cc2c-1nc1ccccc1c2CCC(C(C)=O)N(C)C. The number of nitrogens with one attached hydrogen (secondary N) is 4. The average molecular weight is 1590 g/mol. The minimum Gasteiger partial charge on any atom is -0.457 e. The number of para-hydroxylation sites is 1. The van der Waals surface area contributed by atoms with Gasteiger partial charge in [0.1, 0.15) is 43.9 Å². The quantitative estimate of drug-likeness (QED) is 0.0158. The van der Waals surface area contributed by atoms with Gasteiger partial charge in [0.2, 0.25) is 44.2 Å². The van der Waals surface area contributed by atoms with Crippen molar-refractivity contribution in [2.24, 2.45) is 5.73 Å². The molecule has 614 valence electrons. The second-order valence-corrected chi connectivity index (χ2v) is 28.4. The second kappa shape index (κ2) is 47.2. The van der Waals surface area contributed by atoms with E-state index in [-0.39, 0.29) is 99.3 Å². The molecule has 2 aliphatic heterocycles. The number of ether oxygens (including phenoxy) is 12. The molecule has 8 rings (SSSR count). The van der Waals surface area contributed by atoms with Crippen molar-refractivity contribution in [3.8, 4) is 23.2 Å². The van der Waals surface area contributed by atoms with Gasteiger partial charge in [-0.05, 0) is 108 Å². The third-order valence-corrected chi connectivity index (χ3v) is 18.8. The first-order valence-electron chi connectivity index (χ1n) is 37.6. The lowest BCUT2D eigenvalue weighted by Gasteiger charge is -2.35. The highest BCUT2D eigenvalue weighted by Crippen LogP contribution is 2.43. The molecule has 36 heteroatoms. The number of carbonyl (C=O) groups excluding carboxylic acids is 7. The van der Waals surface area contributed by atoms with E-state index >= 15 is 0 Å². The molecule has 2 aromatic carbocycles. The molecule has 0 bridgehead atoms. The summed E-state index contributed by atoms with van der Waals surface area (Å²) in [7, 11) is 0.255. The van der Waals surface area contributed by atoms with Crippen LogP contribution < -0.4 is 32.6 Å². The normalized spacial score (nSPS) is 14.1. The number of benzene rings is 2. The number of hydrogen-bond donors (Lipinski definition) is 5. The Balaban J connectivity index is 0.594. The number of cyclic esters (lactones) is 1. The summed E-state index contributed by atoms with van der Waals surface area (Å²) in [5, 5.41) is 19.7. The minimum absolute atomic E-state index is 0.0423. The summed E-state index contributed by atoms with van der Waals surface area (Å²) in [5.41, 5.74) is 9.07. The number of likely N-dealkylation sites (N-methyl/N-ethyl adjacent to an activating group) is 1. The van der Waals surface area contributed by atoms with Crippen LogP contribution in [-0.2, 0) is 140 Å². The third-order valence-electron chi connectivity index (χ3n) is 17.9. The summed E-state index contributed by atoms with van der Waals surface area (Å²) in [6.45, 7) is 9.16. The van der Waals surface area contributed by atoms with E-state index in [0.717, 1.165) is 22.8 Å². The lowest BCUT2D eigenvalue weighted by molar-refractivity contribution is -0.175. The van der Waals surface area contributed by atoms with E-state index in [1.54, 1.807) is 59.6 Å². The Bertz CT molecular complexity index is 4340. The number of unbranched alkanes of at least 4 members (excludes halogenated alkanes) is 2. The lowest BCUT2D eigenvalue weighted by Crippen LogP contribution is -2.47. The van der Waals surface area contributed by atoms with Crippen LogP contribution in [0, 0.1) is 11.8 Å². The van der Waals surface area contributed by atoms with Gasteiger partial charge in [-0.2, -0.15) is 0 Å². The van der Waals surface area contributed by atoms with Crippen LogP contribution in [0.2, 0.25) is 0 Å². The van der Waals surface area contributed by atoms with Crippen LogP contribution in [0.3, 0.4) is 0 Å². The Hall–Kier alpha value is -9.62. The Kier molecular flexibility index (Phi) is 37.1. The lowest BCUT2D eigenvalue weighted by atomic mass is 9.85.